The number of aliphatic imine (C=N–C) groups is 1. The zero-order valence-electron chi connectivity index (χ0n) is 12.4. The Kier molecular flexibility index (Phi) is 5.32. The minimum Gasteiger partial charge on any atom is -0.352 e. The van der Waals surface area contributed by atoms with Crippen LogP contribution < -0.4 is 5.32 Å². The van der Waals surface area contributed by atoms with E-state index >= 15 is 0 Å². The van der Waals surface area contributed by atoms with Crippen molar-refractivity contribution in [3.63, 3.8) is 0 Å². The smallest absolute Gasteiger partial charge is 0.193 e. The van der Waals surface area contributed by atoms with E-state index in [2.05, 4.69) is 27.3 Å². The van der Waals surface area contributed by atoms with Crippen molar-refractivity contribution >= 4 is 5.96 Å². The number of halogens is 1. The van der Waals surface area contributed by atoms with Gasteiger partial charge in [-0.1, -0.05) is 42.5 Å². The van der Waals surface area contributed by atoms with Crippen LogP contribution in [0.4, 0.5) is 4.39 Å². The number of hydrogen-bond acceptors (Lipinski definition) is 1. The van der Waals surface area contributed by atoms with Gasteiger partial charge in [-0.3, -0.25) is 4.99 Å². The summed E-state index contributed by atoms with van der Waals surface area (Å²) in [7, 11) is 3.75. The van der Waals surface area contributed by atoms with Gasteiger partial charge in [-0.2, -0.15) is 0 Å². The zero-order chi connectivity index (χ0) is 15.1. The van der Waals surface area contributed by atoms with Gasteiger partial charge in [0, 0.05) is 27.2 Å². The maximum absolute atomic E-state index is 12.9. The molecular formula is C17H20FN3. The maximum atomic E-state index is 12.9. The molecule has 0 saturated heterocycles. The number of benzene rings is 2. The van der Waals surface area contributed by atoms with E-state index in [9.17, 15) is 4.39 Å². The Morgan fingerprint density at radius 3 is 2.33 bits per heavy atom. The lowest BCUT2D eigenvalue weighted by Gasteiger charge is -2.22. The standard InChI is InChI=1S/C17H20FN3/c1-19-17(20-12-14-8-10-16(18)11-9-14)21(2)13-15-6-4-3-5-7-15/h3-11H,12-13H2,1-2H3,(H,19,20). The summed E-state index contributed by atoms with van der Waals surface area (Å²) in [4.78, 5) is 6.33. The van der Waals surface area contributed by atoms with Gasteiger partial charge in [-0.05, 0) is 23.3 Å². The maximum Gasteiger partial charge on any atom is 0.193 e. The molecular weight excluding hydrogens is 265 g/mol. The average Bonchev–Trinajstić information content (AvgIpc) is 2.51. The highest BCUT2D eigenvalue weighted by molar-refractivity contribution is 5.79. The highest BCUT2D eigenvalue weighted by Crippen LogP contribution is 2.05. The molecule has 0 aliphatic rings. The third-order valence-corrected chi connectivity index (χ3v) is 3.20. The van der Waals surface area contributed by atoms with Crippen molar-refractivity contribution in [1.82, 2.24) is 10.2 Å². The molecule has 1 N–H and O–H groups in total. The fraction of sp³-hybridized carbons (Fsp3) is 0.235. The van der Waals surface area contributed by atoms with Gasteiger partial charge in [0.2, 0.25) is 0 Å². The van der Waals surface area contributed by atoms with Crippen LogP contribution >= 0.6 is 0 Å². The molecule has 21 heavy (non-hydrogen) atoms. The largest absolute Gasteiger partial charge is 0.352 e. The fourth-order valence-corrected chi connectivity index (χ4v) is 2.10. The minimum absolute atomic E-state index is 0.218. The molecule has 0 aromatic heterocycles. The highest BCUT2D eigenvalue weighted by Gasteiger charge is 2.06. The van der Waals surface area contributed by atoms with Gasteiger partial charge in [0.1, 0.15) is 5.82 Å². The highest BCUT2D eigenvalue weighted by atomic mass is 19.1. The van der Waals surface area contributed by atoms with Crippen LogP contribution in [0.3, 0.4) is 0 Å². The number of guanidine groups is 1. The Labute approximate surface area is 125 Å². The van der Waals surface area contributed by atoms with Crippen molar-refractivity contribution in [3.05, 3.63) is 71.5 Å². The second-order valence-corrected chi connectivity index (χ2v) is 4.87. The first kappa shape index (κ1) is 15.0. The normalized spacial score (nSPS) is 11.3. The van der Waals surface area contributed by atoms with Crippen molar-refractivity contribution in [1.29, 1.82) is 0 Å². The summed E-state index contributed by atoms with van der Waals surface area (Å²) in [5, 5.41) is 3.28. The van der Waals surface area contributed by atoms with Crippen LogP contribution in [-0.2, 0) is 13.1 Å². The Morgan fingerprint density at radius 1 is 1.05 bits per heavy atom. The molecule has 0 aliphatic carbocycles. The molecule has 0 aliphatic heterocycles. The van der Waals surface area contributed by atoms with Gasteiger partial charge >= 0.3 is 0 Å². The van der Waals surface area contributed by atoms with Gasteiger partial charge in [0.15, 0.2) is 5.96 Å². The summed E-state index contributed by atoms with van der Waals surface area (Å²) in [6, 6.07) is 16.7. The molecule has 2 aromatic rings. The number of nitrogens with zero attached hydrogens (tertiary/aromatic N) is 2. The Morgan fingerprint density at radius 2 is 1.71 bits per heavy atom. The van der Waals surface area contributed by atoms with E-state index in [-0.39, 0.29) is 5.82 Å². The molecule has 0 fully saturated rings. The van der Waals surface area contributed by atoms with Crippen LogP contribution in [-0.4, -0.2) is 25.0 Å². The second kappa shape index (κ2) is 7.43. The first-order valence-electron chi connectivity index (χ1n) is 6.89. The fourth-order valence-electron chi connectivity index (χ4n) is 2.10. The molecule has 110 valence electrons. The van der Waals surface area contributed by atoms with Gasteiger partial charge in [-0.25, -0.2) is 4.39 Å². The lowest BCUT2D eigenvalue weighted by molar-refractivity contribution is 0.476. The van der Waals surface area contributed by atoms with Crippen molar-refractivity contribution in [2.24, 2.45) is 4.99 Å². The van der Waals surface area contributed by atoms with Gasteiger partial charge in [-0.15, -0.1) is 0 Å². The van der Waals surface area contributed by atoms with Crippen LogP contribution in [0.5, 0.6) is 0 Å². The summed E-state index contributed by atoms with van der Waals surface area (Å²) in [6.07, 6.45) is 0. The van der Waals surface area contributed by atoms with Crippen molar-refractivity contribution in [2.75, 3.05) is 14.1 Å². The molecule has 4 heteroatoms. The number of rotatable bonds is 4. The van der Waals surface area contributed by atoms with E-state index in [4.69, 9.17) is 0 Å². The van der Waals surface area contributed by atoms with Gasteiger partial charge in [0.05, 0.1) is 0 Å². The van der Waals surface area contributed by atoms with Crippen LogP contribution in [0.2, 0.25) is 0 Å². The Balaban J connectivity index is 1.92. The van der Waals surface area contributed by atoms with Gasteiger partial charge in [0.25, 0.3) is 0 Å². The second-order valence-electron chi connectivity index (χ2n) is 4.87. The lowest BCUT2D eigenvalue weighted by Crippen LogP contribution is -2.38. The molecule has 0 radical (unpaired) electrons. The van der Waals surface area contributed by atoms with Crippen LogP contribution in [0, 0.1) is 5.82 Å². The van der Waals surface area contributed by atoms with E-state index in [0.717, 1.165) is 18.1 Å². The Hall–Kier alpha value is -2.36. The summed E-state index contributed by atoms with van der Waals surface area (Å²) >= 11 is 0. The molecule has 0 unspecified atom stereocenters. The van der Waals surface area contributed by atoms with E-state index in [1.165, 1.54) is 17.7 Å². The molecule has 0 amide bonds. The minimum atomic E-state index is -0.218. The first-order valence-corrected chi connectivity index (χ1v) is 6.89. The summed E-state index contributed by atoms with van der Waals surface area (Å²) in [6.45, 7) is 1.40. The van der Waals surface area contributed by atoms with Crippen LogP contribution in [0.25, 0.3) is 0 Å². The number of hydrogen-bond donors (Lipinski definition) is 1. The SMILES string of the molecule is CN=C(NCc1ccc(F)cc1)N(C)Cc1ccccc1. The molecule has 2 rings (SSSR count). The van der Waals surface area contributed by atoms with Crippen molar-refractivity contribution in [3.8, 4) is 0 Å². The summed E-state index contributed by atoms with van der Waals surface area (Å²) in [5.41, 5.74) is 2.25. The number of nitrogens with one attached hydrogen (secondary N) is 1. The molecule has 0 heterocycles. The third-order valence-electron chi connectivity index (χ3n) is 3.20. The summed E-state index contributed by atoms with van der Waals surface area (Å²) < 4.78 is 12.9. The van der Waals surface area contributed by atoms with E-state index in [1.807, 2.05) is 25.2 Å². The van der Waals surface area contributed by atoms with Crippen LogP contribution in [0.15, 0.2) is 59.6 Å². The molecule has 3 nitrogen and oxygen atoms in total. The van der Waals surface area contributed by atoms with Crippen molar-refractivity contribution < 1.29 is 4.39 Å². The summed E-state index contributed by atoms with van der Waals surface area (Å²) in [5.74, 6) is 0.590. The quantitative estimate of drug-likeness (QED) is 0.690. The average molecular weight is 285 g/mol. The Bertz CT molecular complexity index is 579. The molecule has 0 atom stereocenters. The lowest BCUT2D eigenvalue weighted by atomic mass is 10.2. The zero-order valence-corrected chi connectivity index (χ0v) is 12.4. The predicted octanol–water partition coefficient (Wildman–Crippen LogP) is 3.03. The predicted molar refractivity (Wildman–Crippen MR) is 84.5 cm³/mol. The molecule has 2 aromatic carbocycles. The third kappa shape index (κ3) is 4.60. The van der Waals surface area contributed by atoms with E-state index < -0.39 is 0 Å². The van der Waals surface area contributed by atoms with E-state index in [0.29, 0.717) is 6.54 Å². The van der Waals surface area contributed by atoms with Crippen molar-refractivity contribution in [2.45, 2.75) is 13.1 Å². The first-order chi connectivity index (χ1) is 10.2. The monoisotopic (exact) mass is 285 g/mol. The topological polar surface area (TPSA) is 27.6 Å². The van der Waals surface area contributed by atoms with E-state index in [1.54, 1.807) is 19.2 Å². The molecule has 0 spiro atoms. The van der Waals surface area contributed by atoms with Crippen LogP contribution in [0.1, 0.15) is 11.1 Å². The van der Waals surface area contributed by atoms with Gasteiger partial charge < -0.3 is 10.2 Å². The molecule has 0 saturated carbocycles. The molecule has 0 bridgehead atoms.